The van der Waals surface area contributed by atoms with Crippen molar-refractivity contribution in [2.24, 2.45) is 0 Å². The molecule has 0 aromatic rings. The fraction of sp³-hybridized carbons (Fsp3) is 0.857. The molecule has 3 fully saturated rings. The Morgan fingerprint density at radius 1 is 1.16 bits per heavy atom. The van der Waals surface area contributed by atoms with Crippen molar-refractivity contribution < 1.29 is 9.59 Å². The van der Waals surface area contributed by atoms with Crippen LogP contribution in [-0.2, 0) is 9.59 Å². The molecular weight excluding hydrogens is 242 g/mol. The minimum absolute atomic E-state index is 0.0194. The van der Waals surface area contributed by atoms with Gasteiger partial charge >= 0.3 is 0 Å². The van der Waals surface area contributed by atoms with Crippen LogP contribution in [-0.4, -0.2) is 47.9 Å². The van der Waals surface area contributed by atoms with Gasteiger partial charge in [0.25, 0.3) is 0 Å². The Bertz CT molecular complexity index is 366. The zero-order chi connectivity index (χ0) is 13.2. The van der Waals surface area contributed by atoms with E-state index in [1.54, 1.807) is 0 Å². The van der Waals surface area contributed by atoms with Crippen molar-refractivity contribution in [1.82, 2.24) is 15.5 Å². The normalized spacial score (nSPS) is 35.5. The molecule has 19 heavy (non-hydrogen) atoms. The Morgan fingerprint density at radius 2 is 2.05 bits per heavy atom. The first-order valence-corrected chi connectivity index (χ1v) is 7.59. The van der Waals surface area contributed by atoms with Gasteiger partial charge in [-0.2, -0.15) is 0 Å². The predicted molar refractivity (Wildman–Crippen MR) is 71.5 cm³/mol. The Morgan fingerprint density at radius 3 is 2.74 bits per heavy atom. The zero-order valence-corrected chi connectivity index (χ0v) is 11.4. The van der Waals surface area contributed by atoms with Gasteiger partial charge in [-0.05, 0) is 45.1 Å². The first kappa shape index (κ1) is 12.9. The van der Waals surface area contributed by atoms with Gasteiger partial charge in [0.2, 0.25) is 11.8 Å². The second kappa shape index (κ2) is 5.49. The number of hydrogen-bond acceptors (Lipinski definition) is 3. The summed E-state index contributed by atoms with van der Waals surface area (Å²) in [5.41, 5.74) is 0. The summed E-state index contributed by atoms with van der Waals surface area (Å²) in [7, 11) is 0. The molecule has 0 aromatic heterocycles. The van der Waals surface area contributed by atoms with Crippen molar-refractivity contribution in [1.29, 1.82) is 0 Å². The third-order valence-corrected chi connectivity index (χ3v) is 4.69. The molecule has 0 saturated carbocycles. The van der Waals surface area contributed by atoms with Gasteiger partial charge in [0.05, 0.1) is 0 Å². The molecule has 3 heterocycles. The molecule has 5 heteroatoms. The molecule has 2 amide bonds. The maximum absolute atomic E-state index is 12.6. The van der Waals surface area contributed by atoms with E-state index < -0.39 is 0 Å². The van der Waals surface area contributed by atoms with Crippen LogP contribution in [0.1, 0.15) is 44.9 Å². The van der Waals surface area contributed by atoms with Crippen molar-refractivity contribution in [3.8, 4) is 0 Å². The zero-order valence-electron chi connectivity index (χ0n) is 11.4. The van der Waals surface area contributed by atoms with Crippen molar-refractivity contribution in [2.75, 3.05) is 13.1 Å². The number of nitrogens with zero attached hydrogens (tertiary/aromatic N) is 1. The molecular formula is C14H23N3O2. The van der Waals surface area contributed by atoms with E-state index in [1.807, 2.05) is 4.90 Å². The van der Waals surface area contributed by atoms with E-state index in [0.29, 0.717) is 24.9 Å². The number of carbonyl (C=O) groups excluding carboxylic acids is 2. The number of nitrogens with one attached hydrogen (secondary N) is 2. The Kier molecular flexibility index (Phi) is 3.73. The van der Waals surface area contributed by atoms with Crippen LogP contribution < -0.4 is 10.6 Å². The Hall–Kier alpha value is -1.10. The van der Waals surface area contributed by atoms with Gasteiger partial charge < -0.3 is 15.5 Å². The summed E-state index contributed by atoms with van der Waals surface area (Å²) in [6.45, 7) is 1.93. The highest BCUT2D eigenvalue weighted by Gasteiger charge is 2.38. The molecule has 3 saturated heterocycles. The fourth-order valence-corrected chi connectivity index (χ4v) is 3.69. The second-order valence-electron chi connectivity index (χ2n) is 5.96. The second-order valence-corrected chi connectivity index (χ2v) is 5.96. The lowest BCUT2D eigenvalue weighted by Crippen LogP contribution is -2.56. The molecule has 3 atom stereocenters. The molecule has 0 bridgehead atoms. The summed E-state index contributed by atoms with van der Waals surface area (Å²) < 4.78 is 0. The average molecular weight is 265 g/mol. The van der Waals surface area contributed by atoms with E-state index in [1.165, 1.54) is 19.3 Å². The van der Waals surface area contributed by atoms with Crippen LogP contribution in [0.3, 0.4) is 0 Å². The topological polar surface area (TPSA) is 61.4 Å². The maximum Gasteiger partial charge on any atom is 0.245 e. The van der Waals surface area contributed by atoms with Crippen LogP contribution in [0.2, 0.25) is 0 Å². The van der Waals surface area contributed by atoms with Crippen molar-refractivity contribution in [3.05, 3.63) is 0 Å². The molecule has 3 aliphatic heterocycles. The molecule has 5 nitrogen and oxygen atoms in total. The van der Waals surface area contributed by atoms with E-state index in [4.69, 9.17) is 0 Å². The molecule has 0 aliphatic carbocycles. The highest BCUT2D eigenvalue weighted by atomic mass is 16.2. The monoisotopic (exact) mass is 265 g/mol. The van der Waals surface area contributed by atoms with Gasteiger partial charge in [0, 0.05) is 25.0 Å². The highest BCUT2D eigenvalue weighted by Crippen LogP contribution is 2.26. The SMILES string of the molecule is O=C1CC[C@H](C(=O)N2CCCCC2C2CCCN2)N1. The molecule has 3 aliphatic rings. The van der Waals surface area contributed by atoms with Gasteiger partial charge in [-0.1, -0.05) is 0 Å². The first-order chi connectivity index (χ1) is 9.25. The van der Waals surface area contributed by atoms with Crippen LogP contribution in [0.5, 0.6) is 0 Å². The third-order valence-electron chi connectivity index (χ3n) is 4.69. The average Bonchev–Trinajstić information content (AvgIpc) is 3.09. The molecule has 0 spiro atoms. The Labute approximate surface area is 114 Å². The third kappa shape index (κ3) is 2.61. The number of carbonyl (C=O) groups is 2. The molecule has 2 N–H and O–H groups in total. The van der Waals surface area contributed by atoms with Crippen LogP contribution in [0.15, 0.2) is 0 Å². The van der Waals surface area contributed by atoms with Crippen LogP contribution in [0, 0.1) is 0 Å². The van der Waals surface area contributed by atoms with E-state index in [2.05, 4.69) is 10.6 Å². The summed E-state index contributed by atoms with van der Waals surface area (Å²) in [5, 5.41) is 6.34. The predicted octanol–water partition coefficient (Wildman–Crippen LogP) is 0.398. The van der Waals surface area contributed by atoms with Crippen LogP contribution in [0.25, 0.3) is 0 Å². The minimum Gasteiger partial charge on any atom is -0.344 e. The van der Waals surface area contributed by atoms with Crippen LogP contribution >= 0.6 is 0 Å². The van der Waals surface area contributed by atoms with Gasteiger partial charge in [0.1, 0.15) is 6.04 Å². The first-order valence-electron chi connectivity index (χ1n) is 7.59. The van der Waals surface area contributed by atoms with Crippen molar-refractivity contribution >= 4 is 11.8 Å². The highest BCUT2D eigenvalue weighted by molar-refractivity contribution is 5.91. The summed E-state index contributed by atoms with van der Waals surface area (Å²) in [6, 6.07) is 0.525. The standard InChI is InChI=1S/C14H23N3O2/c18-13-7-6-11(16-13)14(19)17-9-2-1-5-12(17)10-4-3-8-15-10/h10-12,15H,1-9H2,(H,16,18)/t10?,11-,12?/m1/s1. The lowest BCUT2D eigenvalue weighted by Gasteiger charge is -2.40. The summed E-state index contributed by atoms with van der Waals surface area (Å²) in [5.74, 6) is 0.162. The lowest BCUT2D eigenvalue weighted by atomic mass is 9.93. The maximum atomic E-state index is 12.6. The largest absolute Gasteiger partial charge is 0.344 e. The lowest BCUT2D eigenvalue weighted by molar-refractivity contribution is -0.138. The van der Waals surface area contributed by atoms with Gasteiger partial charge in [0.15, 0.2) is 0 Å². The quantitative estimate of drug-likeness (QED) is 0.759. The Balaban J connectivity index is 1.68. The minimum atomic E-state index is -0.269. The number of amides is 2. The molecule has 0 aromatic carbocycles. The summed E-state index contributed by atoms with van der Waals surface area (Å²) in [4.78, 5) is 25.9. The summed E-state index contributed by atoms with van der Waals surface area (Å²) >= 11 is 0. The van der Waals surface area contributed by atoms with Gasteiger partial charge in [-0.15, -0.1) is 0 Å². The van der Waals surface area contributed by atoms with E-state index in [9.17, 15) is 9.59 Å². The number of hydrogen-bond donors (Lipinski definition) is 2. The smallest absolute Gasteiger partial charge is 0.245 e. The molecule has 106 valence electrons. The summed E-state index contributed by atoms with van der Waals surface area (Å²) in [6.07, 6.45) is 6.95. The molecule has 3 rings (SSSR count). The van der Waals surface area contributed by atoms with Gasteiger partial charge in [-0.25, -0.2) is 0 Å². The van der Waals surface area contributed by atoms with E-state index in [-0.39, 0.29) is 17.9 Å². The van der Waals surface area contributed by atoms with E-state index in [0.717, 1.165) is 25.9 Å². The molecule has 2 unspecified atom stereocenters. The number of rotatable bonds is 2. The van der Waals surface area contributed by atoms with Crippen LogP contribution in [0.4, 0.5) is 0 Å². The van der Waals surface area contributed by atoms with Gasteiger partial charge in [-0.3, -0.25) is 9.59 Å². The van der Waals surface area contributed by atoms with Crippen molar-refractivity contribution in [2.45, 2.75) is 63.1 Å². The van der Waals surface area contributed by atoms with Crippen molar-refractivity contribution in [3.63, 3.8) is 0 Å². The van der Waals surface area contributed by atoms with E-state index >= 15 is 0 Å². The number of likely N-dealkylation sites (tertiary alicyclic amines) is 1. The fourth-order valence-electron chi connectivity index (χ4n) is 3.69. The molecule has 0 radical (unpaired) electrons. The number of piperidine rings is 1.